The summed E-state index contributed by atoms with van der Waals surface area (Å²) in [5.74, 6) is 1.78. The second kappa shape index (κ2) is 7.03. The third-order valence-electron chi connectivity index (χ3n) is 4.25. The smallest absolute Gasteiger partial charge is 0.267 e. The Morgan fingerprint density at radius 2 is 1.81 bits per heavy atom. The molecule has 2 aliphatic heterocycles. The van der Waals surface area contributed by atoms with Crippen LogP contribution in [0.3, 0.4) is 0 Å². The lowest BCUT2D eigenvalue weighted by atomic mass is 10.1. The Morgan fingerprint density at radius 1 is 1.11 bits per heavy atom. The minimum Gasteiger partial charge on any atom is -0.493 e. The predicted molar refractivity (Wildman–Crippen MR) is 103 cm³/mol. The number of methoxy groups -OCH3 is 2. The number of thioether (sulfide) groups is 1. The molecule has 2 aliphatic rings. The van der Waals surface area contributed by atoms with Gasteiger partial charge in [0.15, 0.2) is 16.7 Å². The molecule has 0 bridgehead atoms. The molecule has 0 saturated heterocycles. The van der Waals surface area contributed by atoms with Crippen LogP contribution in [0.4, 0.5) is 10.1 Å². The monoisotopic (exact) mass is 385 g/mol. The number of carbonyl (C=O) groups is 1. The lowest BCUT2D eigenvalue weighted by molar-refractivity contribution is -0.116. The molecular weight excluding hydrogens is 369 g/mol. The van der Waals surface area contributed by atoms with E-state index in [1.807, 2.05) is 0 Å². The molecule has 27 heavy (non-hydrogen) atoms. The van der Waals surface area contributed by atoms with Gasteiger partial charge < -0.3 is 9.47 Å². The standard InChI is InChI=1S/C19H16FN3O3S/c1-25-15-7-13-14(8-16(15)26-2)21-19(23-9-17(24)22-18(13)23)27-10-11-3-5-12(20)6-4-11/h3-8H,9-10H2,1-2H3. The zero-order valence-corrected chi connectivity index (χ0v) is 15.5. The fraction of sp³-hybridized carbons (Fsp3) is 0.211. The summed E-state index contributed by atoms with van der Waals surface area (Å²) in [5, 5.41) is 0.670. The lowest BCUT2D eigenvalue weighted by Gasteiger charge is -2.27. The first-order chi connectivity index (χ1) is 13.1. The SMILES string of the molecule is COc1cc2c(cc1OC)C1=NC(=O)CN1C(SCc1ccc(F)cc1)=N2. The van der Waals surface area contributed by atoms with Crippen molar-refractivity contribution in [3.05, 3.63) is 53.3 Å². The van der Waals surface area contributed by atoms with E-state index in [0.29, 0.717) is 33.9 Å². The summed E-state index contributed by atoms with van der Waals surface area (Å²) in [7, 11) is 3.11. The first-order valence-electron chi connectivity index (χ1n) is 8.20. The van der Waals surface area contributed by atoms with Gasteiger partial charge in [0.05, 0.1) is 19.9 Å². The van der Waals surface area contributed by atoms with Crippen LogP contribution in [0.1, 0.15) is 11.1 Å². The molecule has 0 atom stereocenters. The molecule has 8 heteroatoms. The van der Waals surface area contributed by atoms with Crippen molar-refractivity contribution in [1.29, 1.82) is 0 Å². The fourth-order valence-corrected chi connectivity index (χ4v) is 3.89. The van der Waals surface area contributed by atoms with Gasteiger partial charge >= 0.3 is 0 Å². The predicted octanol–water partition coefficient (Wildman–Crippen LogP) is 3.37. The van der Waals surface area contributed by atoms with E-state index in [-0.39, 0.29) is 18.3 Å². The number of rotatable bonds is 4. The molecular formula is C19H16FN3O3S. The quantitative estimate of drug-likeness (QED) is 0.808. The molecule has 1 amide bonds. The summed E-state index contributed by atoms with van der Waals surface area (Å²) in [6.45, 7) is 0.151. The normalized spacial score (nSPS) is 15.1. The molecule has 0 fully saturated rings. The van der Waals surface area contributed by atoms with E-state index in [4.69, 9.17) is 14.5 Å². The maximum absolute atomic E-state index is 13.1. The number of hydrogen-bond donors (Lipinski definition) is 0. The average Bonchev–Trinajstić information content (AvgIpc) is 3.08. The third kappa shape index (κ3) is 3.28. The molecule has 0 unspecified atom stereocenters. The number of benzene rings is 2. The van der Waals surface area contributed by atoms with Crippen LogP contribution in [0.5, 0.6) is 11.5 Å². The lowest BCUT2D eigenvalue weighted by Crippen LogP contribution is -2.36. The zero-order valence-electron chi connectivity index (χ0n) is 14.7. The number of carbonyl (C=O) groups excluding carboxylic acids is 1. The van der Waals surface area contributed by atoms with E-state index in [1.165, 1.54) is 23.9 Å². The van der Waals surface area contributed by atoms with Gasteiger partial charge in [0.1, 0.15) is 18.2 Å². The minimum absolute atomic E-state index is 0.151. The Labute approximate surface area is 159 Å². The number of aliphatic imine (C=N–C) groups is 2. The highest BCUT2D eigenvalue weighted by molar-refractivity contribution is 8.13. The van der Waals surface area contributed by atoms with E-state index >= 15 is 0 Å². The van der Waals surface area contributed by atoms with Crippen molar-refractivity contribution < 1.29 is 18.7 Å². The number of halogens is 1. The van der Waals surface area contributed by atoms with Crippen LogP contribution in [-0.2, 0) is 10.5 Å². The molecule has 2 aromatic carbocycles. The van der Waals surface area contributed by atoms with Gasteiger partial charge in [-0.3, -0.25) is 9.69 Å². The molecule has 2 aromatic rings. The summed E-state index contributed by atoms with van der Waals surface area (Å²) < 4.78 is 23.8. The summed E-state index contributed by atoms with van der Waals surface area (Å²) in [6.07, 6.45) is 0. The van der Waals surface area contributed by atoms with Crippen molar-refractivity contribution in [3.8, 4) is 11.5 Å². The van der Waals surface area contributed by atoms with Gasteiger partial charge in [0, 0.05) is 17.4 Å². The molecule has 4 rings (SSSR count). The van der Waals surface area contributed by atoms with Crippen LogP contribution in [-0.4, -0.2) is 42.6 Å². The van der Waals surface area contributed by atoms with Gasteiger partial charge in [-0.25, -0.2) is 9.38 Å². The van der Waals surface area contributed by atoms with Crippen LogP contribution < -0.4 is 9.47 Å². The van der Waals surface area contributed by atoms with Crippen LogP contribution >= 0.6 is 11.8 Å². The second-order valence-electron chi connectivity index (χ2n) is 5.95. The maximum atomic E-state index is 13.1. The van der Waals surface area contributed by atoms with Gasteiger partial charge in [-0.05, 0) is 23.8 Å². The molecule has 0 N–H and O–H groups in total. The number of fused-ring (bicyclic) bond motifs is 3. The Balaban J connectivity index is 1.70. The van der Waals surface area contributed by atoms with Crippen LogP contribution in [0.25, 0.3) is 0 Å². The summed E-state index contributed by atoms with van der Waals surface area (Å²) in [5.41, 5.74) is 2.36. The van der Waals surface area contributed by atoms with Gasteiger partial charge in [0.25, 0.3) is 5.91 Å². The molecule has 0 radical (unpaired) electrons. The molecule has 0 aliphatic carbocycles. The summed E-state index contributed by atoms with van der Waals surface area (Å²) in [4.78, 5) is 22.6. The van der Waals surface area contributed by atoms with E-state index in [9.17, 15) is 9.18 Å². The van der Waals surface area contributed by atoms with Gasteiger partial charge in [0.2, 0.25) is 0 Å². The maximum Gasteiger partial charge on any atom is 0.267 e. The Bertz CT molecular complexity index is 973. The van der Waals surface area contributed by atoms with Crippen LogP contribution in [0.15, 0.2) is 46.4 Å². The molecule has 0 aromatic heterocycles. The van der Waals surface area contributed by atoms with Gasteiger partial charge in [-0.1, -0.05) is 23.9 Å². The molecule has 0 spiro atoms. The average molecular weight is 385 g/mol. The van der Waals surface area contributed by atoms with E-state index in [0.717, 1.165) is 11.1 Å². The highest BCUT2D eigenvalue weighted by atomic mass is 32.2. The van der Waals surface area contributed by atoms with Crippen LogP contribution in [0.2, 0.25) is 0 Å². The van der Waals surface area contributed by atoms with Crippen molar-refractivity contribution in [3.63, 3.8) is 0 Å². The molecule has 2 heterocycles. The van der Waals surface area contributed by atoms with Crippen molar-refractivity contribution in [2.24, 2.45) is 9.98 Å². The number of amides is 1. The van der Waals surface area contributed by atoms with E-state index in [2.05, 4.69) is 4.99 Å². The first kappa shape index (κ1) is 17.5. The zero-order chi connectivity index (χ0) is 19.0. The van der Waals surface area contributed by atoms with E-state index < -0.39 is 0 Å². The third-order valence-corrected chi connectivity index (χ3v) is 5.30. The highest BCUT2D eigenvalue weighted by Gasteiger charge is 2.34. The van der Waals surface area contributed by atoms with Crippen LogP contribution in [0, 0.1) is 5.82 Å². The van der Waals surface area contributed by atoms with E-state index in [1.54, 1.807) is 43.4 Å². The van der Waals surface area contributed by atoms with Gasteiger partial charge in [-0.15, -0.1) is 0 Å². The number of nitrogens with zero attached hydrogens (tertiary/aromatic N) is 3. The second-order valence-corrected chi connectivity index (χ2v) is 6.89. The Kier molecular flexibility index (Phi) is 4.57. The molecule has 0 saturated carbocycles. The van der Waals surface area contributed by atoms with Crippen molar-refractivity contribution in [2.45, 2.75) is 5.75 Å². The molecule has 6 nitrogen and oxygen atoms in total. The Hall–Kier alpha value is -2.87. The van der Waals surface area contributed by atoms with Crippen molar-refractivity contribution in [2.75, 3.05) is 20.8 Å². The van der Waals surface area contributed by atoms with Gasteiger partial charge in [-0.2, -0.15) is 4.99 Å². The fourth-order valence-electron chi connectivity index (χ4n) is 2.93. The largest absolute Gasteiger partial charge is 0.493 e. The minimum atomic E-state index is -0.270. The van der Waals surface area contributed by atoms with Crippen molar-refractivity contribution >= 4 is 34.4 Å². The number of hydrogen-bond acceptors (Lipinski definition) is 6. The first-order valence-corrected chi connectivity index (χ1v) is 9.19. The Morgan fingerprint density at radius 3 is 2.52 bits per heavy atom. The topological polar surface area (TPSA) is 63.5 Å². The van der Waals surface area contributed by atoms with Crippen molar-refractivity contribution in [1.82, 2.24) is 4.90 Å². The number of amidine groups is 2. The molecule has 138 valence electrons. The summed E-state index contributed by atoms with van der Waals surface area (Å²) >= 11 is 1.47. The summed E-state index contributed by atoms with van der Waals surface area (Å²) in [6, 6.07) is 9.88. The number of ether oxygens (including phenoxy) is 2. The highest BCUT2D eigenvalue weighted by Crippen LogP contribution is 2.40.